The Labute approximate surface area is 183 Å². The summed E-state index contributed by atoms with van der Waals surface area (Å²) in [7, 11) is 0. The van der Waals surface area contributed by atoms with E-state index in [4.69, 9.17) is 21.6 Å². The molecule has 0 amide bonds. The Morgan fingerprint density at radius 3 is 2.71 bits per heavy atom. The molecule has 4 rings (SSSR count). The van der Waals surface area contributed by atoms with Gasteiger partial charge in [0.05, 0.1) is 23.5 Å². The van der Waals surface area contributed by atoms with Crippen LogP contribution in [0.5, 0.6) is 0 Å². The van der Waals surface area contributed by atoms with Crippen LogP contribution < -0.4 is 5.32 Å². The number of thiazole rings is 1. The number of rotatable bonds is 4. The Bertz CT molecular complexity index is 929. The van der Waals surface area contributed by atoms with Gasteiger partial charge in [-0.3, -0.25) is 0 Å². The number of furan rings is 1. The minimum absolute atomic E-state index is 0.511. The van der Waals surface area contributed by atoms with Crippen LogP contribution in [0.25, 0.3) is 11.3 Å². The van der Waals surface area contributed by atoms with Crippen molar-refractivity contribution in [2.75, 3.05) is 13.1 Å². The highest BCUT2D eigenvalue weighted by Gasteiger charge is 2.25. The maximum Gasteiger partial charge on any atom is 0.169 e. The highest BCUT2D eigenvalue weighted by atomic mass is 79.9. The third kappa shape index (κ3) is 4.47. The first-order chi connectivity index (χ1) is 13.6. The van der Waals surface area contributed by atoms with Gasteiger partial charge in [0.25, 0.3) is 0 Å². The number of aryl methyl sites for hydroxylation is 1. The molecule has 0 bridgehead atoms. The predicted octanol–water partition coefficient (Wildman–Crippen LogP) is 5.73. The zero-order valence-corrected chi connectivity index (χ0v) is 18.9. The zero-order valence-electron chi connectivity index (χ0n) is 15.7. The Kier molecular flexibility index (Phi) is 6.13. The van der Waals surface area contributed by atoms with Crippen LogP contribution in [-0.2, 0) is 6.54 Å². The van der Waals surface area contributed by atoms with E-state index in [1.54, 1.807) is 6.26 Å². The van der Waals surface area contributed by atoms with Crippen LogP contribution in [0.15, 0.2) is 51.6 Å². The van der Waals surface area contributed by atoms with Crippen molar-refractivity contribution in [2.45, 2.75) is 32.2 Å². The largest absolute Gasteiger partial charge is 0.467 e. The van der Waals surface area contributed by atoms with Crippen LogP contribution in [0.1, 0.15) is 34.4 Å². The highest BCUT2D eigenvalue weighted by molar-refractivity contribution is 9.10. The van der Waals surface area contributed by atoms with Crippen molar-refractivity contribution < 1.29 is 4.42 Å². The lowest BCUT2D eigenvalue weighted by Crippen LogP contribution is -2.43. The number of hydrogen-bond donors (Lipinski definition) is 1. The van der Waals surface area contributed by atoms with Gasteiger partial charge in [-0.25, -0.2) is 4.98 Å². The van der Waals surface area contributed by atoms with Gasteiger partial charge in [-0.15, -0.1) is 11.3 Å². The van der Waals surface area contributed by atoms with E-state index in [2.05, 4.69) is 57.3 Å². The topological polar surface area (TPSA) is 41.3 Å². The first-order valence-electron chi connectivity index (χ1n) is 9.38. The third-order valence-electron chi connectivity index (χ3n) is 5.06. The molecule has 0 saturated carbocycles. The normalized spacial score (nSPS) is 15.0. The van der Waals surface area contributed by atoms with Crippen molar-refractivity contribution in [3.05, 3.63) is 62.8 Å². The molecule has 1 N–H and O–H groups in total. The van der Waals surface area contributed by atoms with Crippen LogP contribution in [0.4, 0.5) is 0 Å². The van der Waals surface area contributed by atoms with Crippen molar-refractivity contribution in [3.63, 3.8) is 0 Å². The van der Waals surface area contributed by atoms with Crippen molar-refractivity contribution in [3.8, 4) is 11.3 Å². The Morgan fingerprint density at radius 2 is 2.04 bits per heavy atom. The van der Waals surface area contributed by atoms with E-state index in [0.29, 0.717) is 12.5 Å². The van der Waals surface area contributed by atoms with Crippen molar-refractivity contribution in [1.82, 2.24) is 15.2 Å². The molecule has 1 aliphatic rings. The molecule has 146 valence electrons. The average Bonchev–Trinajstić information content (AvgIpc) is 3.37. The molecular weight excluding hydrogens is 454 g/mol. The lowest BCUT2D eigenvalue weighted by Gasteiger charge is -2.33. The number of hydrogen-bond acceptors (Lipinski definition) is 4. The van der Waals surface area contributed by atoms with E-state index in [1.807, 2.05) is 23.5 Å². The van der Waals surface area contributed by atoms with Crippen LogP contribution in [0, 0.1) is 6.92 Å². The molecule has 2 aromatic heterocycles. The maximum absolute atomic E-state index is 5.56. The molecule has 4 nitrogen and oxygen atoms in total. The first kappa shape index (κ1) is 19.6. The van der Waals surface area contributed by atoms with Gasteiger partial charge >= 0.3 is 0 Å². The van der Waals surface area contributed by atoms with Gasteiger partial charge in [0.2, 0.25) is 0 Å². The molecule has 3 aromatic rings. The zero-order chi connectivity index (χ0) is 19.5. The van der Waals surface area contributed by atoms with Gasteiger partial charge in [0.1, 0.15) is 5.76 Å². The number of halogens is 1. The first-order valence-corrected chi connectivity index (χ1v) is 11.4. The number of benzene rings is 1. The molecule has 0 aliphatic carbocycles. The highest BCUT2D eigenvalue weighted by Crippen LogP contribution is 2.36. The van der Waals surface area contributed by atoms with Crippen LogP contribution in [0.3, 0.4) is 0 Å². The smallest absolute Gasteiger partial charge is 0.169 e. The van der Waals surface area contributed by atoms with Gasteiger partial charge in [0.15, 0.2) is 5.11 Å². The summed E-state index contributed by atoms with van der Waals surface area (Å²) in [4.78, 5) is 8.54. The second-order valence-corrected chi connectivity index (χ2v) is 9.50. The third-order valence-corrected chi connectivity index (χ3v) is 7.12. The van der Waals surface area contributed by atoms with E-state index in [1.165, 1.54) is 15.4 Å². The summed E-state index contributed by atoms with van der Waals surface area (Å²) >= 11 is 10.9. The Morgan fingerprint density at radius 1 is 1.29 bits per heavy atom. The number of likely N-dealkylation sites (tertiary alicyclic amines) is 1. The van der Waals surface area contributed by atoms with Gasteiger partial charge < -0.3 is 14.6 Å². The molecule has 0 unspecified atom stereocenters. The van der Waals surface area contributed by atoms with Crippen molar-refractivity contribution in [1.29, 1.82) is 0 Å². The number of aromatic nitrogens is 1. The summed E-state index contributed by atoms with van der Waals surface area (Å²) in [6, 6.07) is 12.2. The molecule has 7 heteroatoms. The van der Waals surface area contributed by atoms with Crippen LogP contribution in [-0.4, -0.2) is 28.1 Å². The standard InChI is InChI=1S/C21H22BrN3OS2/c1-14-19(15-4-6-17(22)7-5-15)24-20(28-14)16-8-10-25(11-9-16)21(27)23-13-18-3-2-12-26-18/h2-7,12,16H,8-11,13H2,1H3,(H,23,27). The molecule has 1 aliphatic heterocycles. The van der Waals surface area contributed by atoms with Gasteiger partial charge in [-0.2, -0.15) is 0 Å². The average molecular weight is 476 g/mol. The lowest BCUT2D eigenvalue weighted by atomic mass is 9.98. The van der Waals surface area contributed by atoms with E-state index in [-0.39, 0.29) is 0 Å². The van der Waals surface area contributed by atoms with Crippen molar-refractivity contribution >= 4 is 44.6 Å². The molecule has 1 saturated heterocycles. The molecule has 3 heterocycles. The molecule has 0 spiro atoms. The molecule has 1 aromatic carbocycles. The number of piperidine rings is 1. The van der Waals surface area contributed by atoms with E-state index < -0.39 is 0 Å². The number of nitrogens with one attached hydrogen (secondary N) is 1. The second-order valence-electron chi connectivity index (χ2n) is 6.96. The molecule has 28 heavy (non-hydrogen) atoms. The summed E-state index contributed by atoms with van der Waals surface area (Å²) in [5.41, 5.74) is 2.30. The summed E-state index contributed by atoms with van der Waals surface area (Å²) in [6.07, 6.45) is 3.84. The Balaban J connectivity index is 1.35. The molecule has 1 fully saturated rings. The van der Waals surface area contributed by atoms with Crippen molar-refractivity contribution in [2.24, 2.45) is 0 Å². The SMILES string of the molecule is Cc1sc(C2CCN(C(=S)NCc3ccco3)CC2)nc1-c1ccc(Br)cc1. The number of thiocarbonyl (C=S) groups is 1. The monoisotopic (exact) mass is 475 g/mol. The van der Waals surface area contributed by atoms with E-state index in [9.17, 15) is 0 Å². The summed E-state index contributed by atoms with van der Waals surface area (Å²) in [6.45, 7) is 4.72. The molecule has 0 atom stereocenters. The van der Waals surface area contributed by atoms with Gasteiger partial charge in [0, 0.05) is 33.9 Å². The fraction of sp³-hybridized carbons (Fsp3) is 0.333. The lowest BCUT2D eigenvalue weighted by molar-refractivity contribution is 0.308. The quantitative estimate of drug-likeness (QED) is 0.488. The van der Waals surface area contributed by atoms with E-state index in [0.717, 1.165) is 47.0 Å². The summed E-state index contributed by atoms with van der Waals surface area (Å²) in [5.74, 6) is 1.41. The predicted molar refractivity (Wildman–Crippen MR) is 122 cm³/mol. The second kappa shape index (κ2) is 8.76. The van der Waals surface area contributed by atoms with Crippen LogP contribution >= 0.6 is 39.5 Å². The van der Waals surface area contributed by atoms with Gasteiger partial charge in [-0.05, 0) is 56.2 Å². The van der Waals surface area contributed by atoms with E-state index >= 15 is 0 Å². The Hall–Kier alpha value is -1.70. The minimum atomic E-state index is 0.511. The summed E-state index contributed by atoms with van der Waals surface area (Å²) in [5, 5.41) is 5.36. The molecular formula is C21H22BrN3OS2. The summed E-state index contributed by atoms with van der Waals surface area (Å²) < 4.78 is 6.44. The minimum Gasteiger partial charge on any atom is -0.467 e. The number of nitrogens with zero attached hydrogens (tertiary/aromatic N) is 2. The fourth-order valence-corrected chi connectivity index (χ4v) is 5.12. The maximum atomic E-state index is 5.56. The fourth-order valence-electron chi connectivity index (χ4n) is 3.48. The van der Waals surface area contributed by atoms with Crippen LogP contribution in [0.2, 0.25) is 0 Å². The molecule has 0 radical (unpaired) electrons. The van der Waals surface area contributed by atoms with Gasteiger partial charge in [-0.1, -0.05) is 28.1 Å².